The maximum Gasteiger partial charge on any atom is 0.411 e. The first-order chi connectivity index (χ1) is 10.7. The molecule has 1 saturated heterocycles. The predicted octanol–water partition coefficient (Wildman–Crippen LogP) is 2.12. The molecule has 0 aromatic heterocycles. The molecule has 7 nitrogen and oxygen atoms in total. The number of carbonyl (C=O) groups excluding carboxylic acids is 1. The molecule has 0 radical (unpaired) electrons. The molecular formula is C14H18ClNO6S. The van der Waals surface area contributed by atoms with Crippen LogP contribution in [0.5, 0.6) is 5.75 Å². The molecule has 0 aliphatic carbocycles. The number of ether oxygens (including phenoxy) is 2. The van der Waals surface area contributed by atoms with E-state index in [0.29, 0.717) is 19.7 Å². The molecule has 0 spiro atoms. The van der Waals surface area contributed by atoms with Crippen molar-refractivity contribution in [2.75, 3.05) is 26.0 Å². The van der Waals surface area contributed by atoms with Gasteiger partial charge in [-0.2, -0.15) is 8.42 Å². The van der Waals surface area contributed by atoms with Gasteiger partial charge < -0.3 is 18.6 Å². The number of benzene rings is 1. The van der Waals surface area contributed by atoms with Crippen LogP contribution in [0.3, 0.4) is 0 Å². The Morgan fingerprint density at radius 1 is 1.39 bits per heavy atom. The van der Waals surface area contributed by atoms with Gasteiger partial charge in [-0.1, -0.05) is 23.7 Å². The molecule has 2 atom stereocenters. The van der Waals surface area contributed by atoms with Crippen LogP contribution in [0.15, 0.2) is 24.3 Å². The van der Waals surface area contributed by atoms with Crippen molar-refractivity contribution in [3.8, 4) is 5.75 Å². The first kappa shape index (κ1) is 17.8. The molecule has 128 valence electrons. The van der Waals surface area contributed by atoms with Crippen LogP contribution in [0, 0.1) is 0 Å². The Bertz CT molecular complexity index is 646. The largest absolute Gasteiger partial charge is 0.430 e. The number of halogens is 1. The van der Waals surface area contributed by atoms with Gasteiger partial charge in [-0.3, -0.25) is 0 Å². The van der Waals surface area contributed by atoms with Crippen molar-refractivity contribution in [2.24, 2.45) is 0 Å². The number of morpholine rings is 1. The van der Waals surface area contributed by atoms with Crippen LogP contribution >= 0.6 is 11.6 Å². The molecule has 0 bridgehead atoms. The van der Waals surface area contributed by atoms with Crippen molar-refractivity contribution in [2.45, 2.75) is 18.6 Å². The maximum absolute atomic E-state index is 11.9. The minimum Gasteiger partial charge on any atom is -0.430 e. The lowest BCUT2D eigenvalue weighted by Gasteiger charge is -2.32. The molecule has 1 fully saturated rings. The summed E-state index contributed by atoms with van der Waals surface area (Å²) >= 11 is 5.65. The summed E-state index contributed by atoms with van der Waals surface area (Å²) in [6.07, 6.45) is 0.166. The molecule has 0 saturated carbocycles. The first-order valence-corrected chi connectivity index (χ1v) is 9.20. The highest BCUT2D eigenvalue weighted by atomic mass is 35.5. The van der Waals surface area contributed by atoms with Gasteiger partial charge in [0.1, 0.15) is 11.9 Å². The smallest absolute Gasteiger partial charge is 0.411 e. The number of nitrogens with zero attached hydrogens (tertiary/aromatic N) is 1. The second-order valence-corrected chi connectivity index (χ2v) is 7.28. The van der Waals surface area contributed by atoms with E-state index in [1.54, 1.807) is 19.1 Å². The number of rotatable bonds is 4. The van der Waals surface area contributed by atoms with E-state index in [2.05, 4.69) is 0 Å². The van der Waals surface area contributed by atoms with Crippen LogP contribution in [-0.2, 0) is 19.6 Å². The highest BCUT2D eigenvalue weighted by Gasteiger charge is 2.27. The van der Waals surface area contributed by atoms with Crippen molar-refractivity contribution in [1.29, 1.82) is 0 Å². The van der Waals surface area contributed by atoms with Crippen LogP contribution in [-0.4, -0.2) is 50.9 Å². The van der Waals surface area contributed by atoms with Gasteiger partial charge in [0.2, 0.25) is 0 Å². The van der Waals surface area contributed by atoms with Crippen LogP contribution < -0.4 is 4.18 Å². The van der Waals surface area contributed by atoms with Gasteiger partial charge in [0, 0.05) is 6.54 Å². The van der Waals surface area contributed by atoms with Gasteiger partial charge in [0.15, 0.2) is 5.56 Å². The van der Waals surface area contributed by atoms with E-state index in [1.165, 1.54) is 17.0 Å². The maximum atomic E-state index is 11.9. The molecule has 1 amide bonds. The Kier molecular flexibility index (Phi) is 5.72. The Morgan fingerprint density at radius 3 is 2.61 bits per heavy atom. The van der Waals surface area contributed by atoms with Crippen LogP contribution in [0.4, 0.5) is 4.79 Å². The molecule has 1 aliphatic heterocycles. The molecule has 0 N–H and O–H groups in total. The number of hydrogen-bond acceptors (Lipinski definition) is 6. The van der Waals surface area contributed by atoms with Crippen molar-refractivity contribution in [3.63, 3.8) is 0 Å². The summed E-state index contributed by atoms with van der Waals surface area (Å²) < 4.78 is 37.5. The van der Waals surface area contributed by atoms with Crippen molar-refractivity contribution in [3.05, 3.63) is 29.8 Å². The minimum atomic E-state index is -3.56. The SMILES string of the molecule is CC(Cl)OC(=O)N1CCO[C@H](c2ccc(OS(C)(=O)=O)cc2)C1. The second-order valence-electron chi connectivity index (χ2n) is 5.09. The monoisotopic (exact) mass is 363 g/mol. The second kappa shape index (κ2) is 7.37. The molecule has 1 aromatic rings. The third kappa shape index (κ3) is 5.56. The Morgan fingerprint density at radius 2 is 2.04 bits per heavy atom. The number of amides is 1. The highest BCUT2D eigenvalue weighted by molar-refractivity contribution is 7.86. The van der Waals surface area contributed by atoms with E-state index in [-0.39, 0.29) is 11.9 Å². The Hall–Kier alpha value is -1.51. The molecule has 1 unspecified atom stereocenters. The fourth-order valence-corrected chi connectivity index (χ4v) is 2.68. The van der Waals surface area contributed by atoms with Crippen molar-refractivity contribution in [1.82, 2.24) is 4.90 Å². The molecule has 1 aromatic carbocycles. The topological polar surface area (TPSA) is 82.1 Å². The van der Waals surface area contributed by atoms with Crippen LogP contribution in [0.2, 0.25) is 0 Å². The number of carbonyl (C=O) groups is 1. The third-order valence-corrected chi connectivity index (χ3v) is 3.67. The van der Waals surface area contributed by atoms with E-state index in [9.17, 15) is 13.2 Å². The lowest BCUT2D eigenvalue weighted by molar-refractivity contribution is -0.0296. The molecule has 9 heteroatoms. The standard InChI is InChI=1S/C14H18ClNO6S/c1-10(15)21-14(17)16-7-8-20-13(9-16)11-3-5-12(6-4-11)22-23(2,18)19/h3-6,10,13H,7-9H2,1-2H3/t10?,13-/m0/s1. The van der Waals surface area contributed by atoms with E-state index < -0.39 is 21.8 Å². The van der Waals surface area contributed by atoms with Gasteiger partial charge in [-0.25, -0.2) is 4.79 Å². The number of hydrogen-bond donors (Lipinski definition) is 0. The molecule has 2 rings (SSSR count). The van der Waals surface area contributed by atoms with Crippen molar-refractivity contribution >= 4 is 27.8 Å². The third-order valence-electron chi connectivity index (χ3n) is 3.09. The quantitative estimate of drug-likeness (QED) is 0.602. The van der Waals surface area contributed by atoms with Crippen LogP contribution in [0.1, 0.15) is 18.6 Å². The molecular weight excluding hydrogens is 346 g/mol. The zero-order valence-electron chi connectivity index (χ0n) is 12.8. The lowest BCUT2D eigenvalue weighted by Crippen LogP contribution is -2.43. The normalized spacial score (nSPS) is 20.0. The fourth-order valence-electron chi connectivity index (χ4n) is 2.14. The highest BCUT2D eigenvalue weighted by Crippen LogP contribution is 2.25. The van der Waals surface area contributed by atoms with E-state index in [0.717, 1.165) is 11.8 Å². The zero-order valence-corrected chi connectivity index (χ0v) is 14.3. The van der Waals surface area contributed by atoms with E-state index >= 15 is 0 Å². The summed E-state index contributed by atoms with van der Waals surface area (Å²) in [4.78, 5) is 13.4. The van der Waals surface area contributed by atoms with Gasteiger partial charge in [-0.05, 0) is 24.6 Å². The summed E-state index contributed by atoms with van der Waals surface area (Å²) in [6, 6.07) is 6.48. The first-order valence-electron chi connectivity index (χ1n) is 6.95. The van der Waals surface area contributed by atoms with Crippen molar-refractivity contribution < 1.29 is 26.9 Å². The van der Waals surface area contributed by atoms with Gasteiger partial charge in [0.25, 0.3) is 0 Å². The summed E-state index contributed by atoms with van der Waals surface area (Å²) in [5.41, 5.74) is 0.110. The molecule has 23 heavy (non-hydrogen) atoms. The average molecular weight is 364 g/mol. The van der Waals surface area contributed by atoms with Gasteiger partial charge >= 0.3 is 16.2 Å². The molecule has 1 aliphatic rings. The fraction of sp³-hybridized carbons (Fsp3) is 0.500. The summed E-state index contributed by atoms with van der Waals surface area (Å²) in [7, 11) is -3.56. The summed E-state index contributed by atoms with van der Waals surface area (Å²) in [6.45, 7) is 2.69. The summed E-state index contributed by atoms with van der Waals surface area (Å²) in [5, 5.41) is 0. The van der Waals surface area contributed by atoms with E-state index in [4.69, 9.17) is 25.3 Å². The van der Waals surface area contributed by atoms with Gasteiger partial charge in [-0.15, -0.1) is 0 Å². The lowest BCUT2D eigenvalue weighted by atomic mass is 10.1. The predicted molar refractivity (Wildman–Crippen MR) is 84.0 cm³/mol. The Labute approximate surface area is 140 Å². The van der Waals surface area contributed by atoms with Crippen LogP contribution in [0.25, 0.3) is 0 Å². The average Bonchev–Trinajstić information content (AvgIpc) is 2.46. The zero-order chi connectivity index (χ0) is 17.0. The summed E-state index contributed by atoms with van der Waals surface area (Å²) in [5.74, 6) is 0.222. The molecule has 1 heterocycles. The van der Waals surface area contributed by atoms with E-state index in [1.807, 2.05) is 0 Å². The number of alkyl halides is 1. The van der Waals surface area contributed by atoms with Gasteiger partial charge in [0.05, 0.1) is 19.4 Å². The minimum absolute atomic E-state index is 0.222. The Balaban J connectivity index is 2.02.